The van der Waals surface area contributed by atoms with E-state index in [4.69, 9.17) is 19.2 Å². The van der Waals surface area contributed by atoms with E-state index in [0.29, 0.717) is 25.2 Å². The van der Waals surface area contributed by atoms with Crippen LogP contribution in [0.4, 0.5) is 0 Å². The van der Waals surface area contributed by atoms with E-state index in [9.17, 15) is 0 Å². The van der Waals surface area contributed by atoms with E-state index in [1.54, 1.807) is 7.11 Å². The van der Waals surface area contributed by atoms with E-state index in [1.165, 1.54) is 32.1 Å². The van der Waals surface area contributed by atoms with Gasteiger partial charge < -0.3 is 24.4 Å². The Morgan fingerprint density at radius 3 is 2.69 bits per heavy atom. The van der Waals surface area contributed by atoms with Crippen molar-refractivity contribution in [3.05, 3.63) is 0 Å². The first-order chi connectivity index (χ1) is 12.3. The third-order valence-electron chi connectivity index (χ3n) is 4.93. The maximum Gasteiger partial charge on any atom is 0.193 e. The normalized spacial score (nSPS) is 21.2. The fourth-order valence-electron chi connectivity index (χ4n) is 3.53. The second-order valence-corrected chi connectivity index (χ2v) is 7.03. The number of nitrogens with one attached hydrogen (secondary N) is 1. The number of methoxy groups -OCH3 is 1. The molecule has 1 saturated heterocycles. The van der Waals surface area contributed by atoms with Crippen molar-refractivity contribution in [3.8, 4) is 0 Å². The second-order valence-electron chi connectivity index (χ2n) is 7.03. The average molecular weight is 483 g/mol. The third-order valence-corrected chi connectivity index (χ3v) is 4.93. The van der Waals surface area contributed by atoms with Crippen LogP contribution in [0.15, 0.2) is 4.99 Å². The zero-order chi connectivity index (χ0) is 17.7. The molecule has 0 aromatic heterocycles. The molecule has 154 valence electrons. The van der Waals surface area contributed by atoms with E-state index in [2.05, 4.69) is 17.1 Å². The van der Waals surface area contributed by atoms with Gasteiger partial charge in [0, 0.05) is 45.8 Å². The number of hydrogen-bond acceptors (Lipinski definition) is 4. The van der Waals surface area contributed by atoms with Gasteiger partial charge in [0.25, 0.3) is 0 Å². The molecule has 0 bridgehead atoms. The van der Waals surface area contributed by atoms with Crippen molar-refractivity contribution in [2.75, 3.05) is 59.7 Å². The van der Waals surface area contributed by atoms with Crippen LogP contribution in [0.3, 0.4) is 0 Å². The Kier molecular flexibility index (Phi) is 13.7. The molecule has 0 aromatic rings. The minimum atomic E-state index is 0. The van der Waals surface area contributed by atoms with Gasteiger partial charge in [0.1, 0.15) is 0 Å². The summed E-state index contributed by atoms with van der Waals surface area (Å²) in [6, 6.07) is 0. The van der Waals surface area contributed by atoms with Gasteiger partial charge in [-0.2, -0.15) is 0 Å². The lowest BCUT2D eigenvalue weighted by molar-refractivity contribution is 0.0536. The minimum Gasteiger partial charge on any atom is -0.382 e. The summed E-state index contributed by atoms with van der Waals surface area (Å²) in [5.41, 5.74) is 0. The molecule has 0 radical (unpaired) electrons. The highest BCUT2D eigenvalue weighted by Gasteiger charge is 2.24. The SMILES string of the molecule is CCNC(=NCCCOC1CCCC1)N1CCC(COCCOC)C1.I. The molecule has 6 nitrogen and oxygen atoms in total. The minimum absolute atomic E-state index is 0. The summed E-state index contributed by atoms with van der Waals surface area (Å²) < 4.78 is 16.6. The quantitative estimate of drug-likeness (QED) is 0.212. The Balaban J connectivity index is 0.00000338. The molecule has 0 aromatic carbocycles. The summed E-state index contributed by atoms with van der Waals surface area (Å²) in [5.74, 6) is 1.63. The molecule has 1 aliphatic carbocycles. The molecular weight excluding hydrogens is 445 g/mol. The van der Waals surface area contributed by atoms with E-state index >= 15 is 0 Å². The molecule has 1 heterocycles. The highest BCUT2D eigenvalue weighted by Crippen LogP contribution is 2.21. The topological polar surface area (TPSA) is 55.3 Å². The summed E-state index contributed by atoms with van der Waals surface area (Å²) in [4.78, 5) is 7.16. The number of guanidine groups is 1. The summed E-state index contributed by atoms with van der Waals surface area (Å²) in [6.45, 7) is 8.95. The van der Waals surface area contributed by atoms with Crippen molar-refractivity contribution in [2.24, 2.45) is 10.9 Å². The summed E-state index contributed by atoms with van der Waals surface area (Å²) >= 11 is 0. The van der Waals surface area contributed by atoms with Gasteiger partial charge in [0.05, 0.1) is 25.9 Å². The van der Waals surface area contributed by atoms with Crippen molar-refractivity contribution < 1.29 is 14.2 Å². The van der Waals surface area contributed by atoms with Crippen LogP contribution in [0.1, 0.15) is 45.4 Å². The molecule has 26 heavy (non-hydrogen) atoms. The Bertz CT molecular complexity index is 379. The molecule has 1 saturated carbocycles. The molecule has 0 amide bonds. The van der Waals surface area contributed by atoms with Gasteiger partial charge in [-0.1, -0.05) is 12.8 Å². The lowest BCUT2D eigenvalue weighted by atomic mass is 10.1. The molecular formula is C19H38IN3O3. The van der Waals surface area contributed by atoms with Gasteiger partial charge in [0.2, 0.25) is 0 Å². The van der Waals surface area contributed by atoms with Gasteiger partial charge in [-0.3, -0.25) is 4.99 Å². The Morgan fingerprint density at radius 2 is 1.96 bits per heavy atom. The largest absolute Gasteiger partial charge is 0.382 e. The Labute approximate surface area is 176 Å². The van der Waals surface area contributed by atoms with E-state index in [-0.39, 0.29) is 24.0 Å². The molecule has 2 fully saturated rings. The van der Waals surface area contributed by atoms with Crippen LogP contribution in [0, 0.1) is 5.92 Å². The van der Waals surface area contributed by atoms with Gasteiger partial charge in [0.15, 0.2) is 5.96 Å². The van der Waals surface area contributed by atoms with Crippen LogP contribution < -0.4 is 5.32 Å². The number of ether oxygens (including phenoxy) is 3. The Hall–Kier alpha value is -0.120. The van der Waals surface area contributed by atoms with Crippen molar-refractivity contribution >= 4 is 29.9 Å². The van der Waals surface area contributed by atoms with Crippen LogP contribution in [-0.4, -0.2) is 76.7 Å². The molecule has 7 heteroatoms. The lowest BCUT2D eigenvalue weighted by Crippen LogP contribution is -2.40. The zero-order valence-electron chi connectivity index (χ0n) is 16.6. The lowest BCUT2D eigenvalue weighted by Gasteiger charge is -2.21. The summed E-state index contributed by atoms with van der Waals surface area (Å²) in [6.07, 6.45) is 7.83. The fourth-order valence-corrected chi connectivity index (χ4v) is 3.53. The molecule has 2 aliphatic rings. The zero-order valence-corrected chi connectivity index (χ0v) is 18.9. The van der Waals surface area contributed by atoms with E-state index in [0.717, 1.165) is 51.8 Å². The van der Waals surface area contributed by atoms with Gasteiger partial charge in [-0.25, -0.2) is 0 Å². The molecule has 1 atom stereocenters. The van der Waals surface area contributed by atoms with Crippen molar-refractivity contribution in [1.82, 2.24) is 10.2 Å². The number of likely N-dealkylation sites (tertiary alicyclic amines) is 1. The number of rotatable bonds is 11. The highest BCUT2D eigenvalue weighted by molar-refractivity contribution is 14.0. The van der Waals surface area contributed by atoms with Crippen LogP contribution in [0.2, 0.25) is 0 Å². The predicted molar refractivity (Wildman–Crippen MR) is 117 cm³/mol. The molecule has 1 aliphatic heterocycles. The first kappa shape index (κ1) is 23.9. The maximum atomic E-state index is 5.92. The number of nitrogens with zero attached hydrogens (tertiary/aromatic N) is 2. The van der Waals surface area contributed by atoms with Crippen molar-refractivity contribution in [2.45, 2.75) is 51.6 Å². The molecule has 2 rings (SSSR count). The fraction of sp³-hybridized carbons (Fsp3) is 0.947. The highest BCUT2D eigenvalue weighted by atomic mass is 127. The number of aliphatic imine (C=N–C) groups is 1. The number of halogens is 1. The first-order valence-corrected chi connectivity index (χ1v) is 10.0. The second kappa shape index (κ2) is 14.9. The number of hydrogen-bond donors (Lipinski definition) is 1. The average Bonchev–Trinajstić information content (AvgIpc) is 3.29. The predicted octanol–water partition coefficient (Wildman–Crippen LogP) is 2.90. The van der Waals surface area contributed by atoms with Crippen LogP contribution in [0.5, 0.6) is 0 Å². The van der Waals surface area contributed by atoms with E-state index < -0.39 is 0 Å². The van der Waals surface area contributed by atoms with Crippen LogP contribution >= 0.6 is 24.0 Å². The van der Waals surface area contributed by atoms with Gasteiger partial charge in [-0.05, 0) is 32.6 Å². The summed E-state index contributed by atoms with van der Waals surface area (Å²) in [7, 11) is 1.71. The molecule has 0 spiro atoms. The third kappa shape index (κ3) is 9.19. The molecule has 1 unspecified atom stereocenters. The maximum absolute atomic E-state index is 5.92. The van der Waals surface area contributed by atoms with Gasteiger partial charge in [-0.15, -0.1) is 24.0 Å². The first-order valence-electron chi connectivity index (χ1n) is 10.0. The van der Waals surface area contributed by atoms with Crippen molar-refractivity contribution in [1.29, 1.82) is 0 Å². The monoisotopic (exact) mass is 483 g/mol. The van der Waals surface area contributed by atoms with Gasteiger partial charge >= 0.3 is 0 Å². The van der Waals surface area contributed by atoms with Crippen molar-refractivity contribution in [3.63, 3.8) is 0 Å². The summed E-state index contributed by atoms with van der Waals surface area (Å²) in [5, 5.41) is 3.43. The standard InChI is InChI=1S/C19H37N3O3.HI/c1-3-20-19(21-10-6-12-25-18-7-4-5-8-18)22-11-9-17(15-22)16-24-14-13-23-2;/h17-18H,3-16H2,1-2H3,(H,20,21);1H. The van der Waals surface area contributed by atoms with E-state index in [1.807, 2.05) is 0 Å². The van der Waals surface area contributed by atoms with Crippen LogP contribution in [0.25, 0.3) is 0 Å². The Morgan fingerprint density at radius 1 is 1.15 bits per heavy atom. The van der Waals surface area contributed by atoms with Crippen LogP contribution in [-0.2, 0) is 14.2 Å². The molecule has 1 N–H and O–H groups in total. The smallest absolute Gasteiger partial charge is 0.193 e.